The smallest absolute Gasteiger partial charge is 0.0991 e. The predicted octanol–water partition coefficient (Wildman–Crippen LogP) is 4.11. The molecule has 1 heterocycles. The number of aromatic nitrogens is 1. The third kappa shape index (κ3) is 2.23. The van der Waals surface area contributed by atoms with Crippen LogP contribution in [0, 0.1) is 17.8 Å². The van der Waals surface area contributed by atoms with Crippen molar-refractivity contribution in [2.75, 3.05) is 0 Å². The molecule has 1 aromatic heterocycles. The third-order valence-corrected chi connectivity index (χ3v) is 6.87. The number of hydrogen-bond donors (Lipinski definition) is 1. The summed E-state index contributed by atoms with van der Waals surface area (Å²) in [4.78, 5) is 5.03. The molecule has 4 bridgehead atoms. The molecule has 4 aliphatic rings. The maximum atomic E-state index is 5.03. The van der Waals surface area contributed by atoms with Gasteiger partial charge < -0.3 is 5.32 Å². The lowest BCUT2D eigenvalue weighted by molar-refractivity contribution is -0.00534. The molecule has 0 aliphatic heterocycles. The van der Waals surface area contributed by atoms with Gasteiger partial charge in [-0.05, 0) is 56.3 Å². The fourth-order valence-corrected chi connectivity index (χ4v) is 6.37. The van der Waals surface area contributed by atoms with Crippen LogP contribution < -0.4 is 5.32 Å². The molecule has 0 amide bonds. The molecular weight excluding hydrogens is 264 g/mol. The average Bonchev–Trinajstić information content (AvgIpc) is 2.84. The fourth-order valence-electron chi connectivity index (χ4n) is 5.31. The normalized spacial score (nSPS) is 38.9. The first kappa shape index (κ1) is 13.3. The predicted molar refractivity (Wildman–Crippen MR) is 83.9 cm³/mol. The van der Waals surface area contributed by atoms with Crippen LogP contribution in [0.1, 0.15) is 63.1 Å². The van der Waals surface area contributed by atoms with Crippen LogP contribution in [0.2, 0.25) is 0 Å². The molecule has 20 heavy (non-hydrogen) atoms. The van der Waals surface area contributed by atoms with Gasteiger partial charge in [-0.3, -0.25) is 0 Å². The number of rotatable bonds is 4. The van der Waals surface area contributed by atoms with E-state index in [1.807, 2.05) is 11.3 Å². The Kier molecular flexibility index (Phi) is 3.19. The highest BCUT2D eigenvalue weighted by Crippen LogP contribution is 2.61. The summed E-state index contributed by atoms with van der Waals surface area (Å²) in [5.74, 6) is 3.05. The van der Waals surface area contributed by atoms with Gasteiger partial charge in [0.2, 0.25) is 0 Å². The van der Waals surface area contributed by atoms with E-state index in [4.69, 9.17) is 4.98 Å². The molecular formula is C17H26N2S. The van der Waals surface area contributed by atoms with Crippen LogP contribution in [0.4, 0.5) is 0 Å². The molecule has 0 radical (unpaired) electrons. The molecule has 0 spiro atoms. The molecule has 0 saturated heterocycles. The second-order valence-electron chi connectivity index (χ2n) is 7.88. The topological polar surface area (TPSA) is 24.9 Å². The summed E-state index contributed by atoms with van der Waals surface area (Å²) in [5, 5.41) is 7.26. The molecule has 0 aromatic carbocycles. The molecule has 4 fully saturated rings. The van der Waals surface area contributed by atoms with E-state index in [1.54, 1.807) is 0 Å². The van der Waals surface area contributed by atoms with Crippen molar-refractivity contribution >= 4 is 11.3 Å². The van der Waals surface area contributed by atoms with E-state index in [2.05, 4.69) is 24.5 Å². The molecule has 1 aromatic rings. The van der Waals surface area contributed by atoms with Crippen molar-refractivity contribution in [1.82, 2.24) is 10.3 Å². The summed E-state index contributed by atoms with van der Waals surface area (Å²) >= 11 is 1.94. The van der Waals surface area contributed by atoms with E-state index in [0.717, 1.165) is 24.3 Å². The lowest BCUT2D eigenvalue weighted by atomic mass is 9.50. The zero-order valence-corrected chi connectivity index (χ0v) is 13.5. The maximum absolute atomic E-state index is 5.03. The maximum Gasteiger partial charge on any atom is 0.0991 e. The van der Waals surface area contributed by atoms with Crippen molar-refractivity contribution in [3.63, 3.8) is 0 Å². The van der Waals surface area contributed by atoms with Crippen LogP contribution in [0.5, 0.6) is 0 Å². The minimum atomic E-state index is 0.482. The van der Waals surface area contributed by atoms with Crippen LogP contribution in [-0.2, 0) is 12.0 Å². The zero-order valence-electron chi connectivity index (χ0n) is 12.7. The van der Waals surface area contributed by atoms with Gasteiger partial charge in [-0.1, -0.05) is 13.8 Å². The van der Waals surface area contributed by atoms with Gasteiger partial charge in [0.25, 0.3) is 0 Å². The summed E-state index contributed by atoms with van der Waals surface area (Å²) < 4.78 is 0. The summed E-state index contributed by atoms with van der Waals surface area (Å²) in [7, 11) is 0. The van der Waals surface area contributed by atoms with Crippen molar-refractivity contribution in [2.45, 2.75) is 70.4 Å². The first-order chi connectivity index (χ1) is 9.63. The number of nitrogens with zero attached hydrogens (tertiary/aromatic N) is 1. The van der Waals surface area contributed by atoms with Crippen LogP contribution in [0.25, 0.3) is 0 Å². The molecule has 0 unspecified atom stereocenters. The molecule has 2 nitrogen and oxygen atoms in total. The lowest BCUT2D eigenvalue weighted by Gasteiger charge is -2.56. The Bertz CT molecular complexity index is 456. The monoisotopic (exact) mass is 290 g/mol. The molecule has 0 atom stereocenters. The van der Waals surface area contributed by atoms with Crippen LogP contribution >= 0.6 is 11.3 Å². The summed E-state index contributed by atoms with van der Waals surface area (Å²) in [6, 6.07) is 0.541. The Morgan fingerprint density at radius 1 is 1.20 bits per heavy atom. The van der Waals surface area contributed by atoms with Crippen LogP contribution in [0.3, 0.4) is 0 Å². The molecule has 5 rings (SSSR count). The van der Waals surface area contributed by atoms with Gasteiger partial charge in [-0.25, -0.2) is 4.98 Å². The third-order valence-electron chi connectivity index (χ3n) is 5.74. The Morgan fingerprint density at radius 3 is 2.35 bits per heavy atom. The minimum Gasteiger partial charge on any atom is -0.309 e. The number of thiazole rings is 1. The molecule has 110 valence electrons. The van der Waals surface area contributed by atoms with E-state index in [1.165, 1.54) is 49.2 Å². The average molecular weight is 290 g/mol. The standard InChI is InChI=1S/C17H26N2S/c1-11(2)18-9-15-10-20-16(19-15)17-6-12-3-13(7-17)5-14(4-12)8-17/h10-14,18H,3-9H2,1-2H3. The van der Waals surface area contributed by atoms with Gasteiger partial charge in [0.05, 0.1) is 10.7 Å². The van der Waals surface area contributed by atoms with Crippen molar-refractivity contribution in [3.8, 4) is 0 Å². The summed E-state index contributed by atoms with van der Waals surface area (Å²) in [5.41, 5.74) is 1.74. The second kappa shape index (κ2) is 4.81. The summed E-state index contributed by atoms with van der Waals surface area (Å²) in [6.07, 6.45) is 8.86. The van der Waals surface area contributed by atoms with Gasteiger partial charge in [0.1, 0.15) is 0 Å². The van der Waals surface area contributed by atoms with Crippen molar-refractivity contribution in [1.29, 1.82) is 0 Å². The fraction of sp³-hybridized carbons (Fsp3) is 0.824. The molecule has 4 aliphatic carbocycles. The summed E-state index contributed by atoms with van der Waals surface area (Å²) in [6.45, 7) is 5.33. The Hall–Kier alpha value is -0.410. The van der Waals surface area contributed by atoms with E-state index < -0.39 is 0 Å². The van der Waals surface area contributed by atoms with Crippen molar-refractivity contribution in [3.05, 3.63) is 16.1 Å². The van der Waals surface area contributed by atoms with E-state index >= 15 is 0 Å². The van der Waals surface area contributed by atoms with Crippen molar-refractivity contribution < 1.29 is 0 Å². The number of nitrogens with one attached hydrogen (secondary N) is 1. The van der Waals surface area contributed by atoms with E-state index in [9.17, 15) is 0 Å². The highest BCUT2D eigenvalue weighted by atomic mass is 32.1. The van der Waals surface area contributed by atoms with Gasteiger partial charge in [0.15, 0.2) is 0 Å². The van der Waals surface area contributed by atoms with Gasteiger partial charge in [-0.2, -0.15) is 0 Å². The zero-order chi connectivity index (χ0) is 13.7. The lowest BCUT2D eigenvalue weighted by Crippen LogP contribution is -2.48. The van der Waals surface area contributed by atoms with E-state index in [0.29, 0.717) is 11.5 Å². The van der Waals surface area contributed by atoms with Crippen LogP contribution in [0.15, 0.2) is 5.38 Å². The second-order valence-corrected chi connectivity index (χ2v) is 8.74. The first-order valence-electron chi connectivity index (χ1n) is 8.31. The molecule has 3 heteroatoms. The Labute approximate surface area is 126 Å². The highest BCUT2D eigenvalue weighted by molar-refractivity contribution is 7.09. The van der Waals surface area contributed by atoms with Crippen LogP contribution in [-0.4, -0.2) is 11.0 Å². The van der Waals surface area contributed by atoms with Gasteiger partial charge >= 0.3 is 0 Å². The minimum absolute atomic E-state index is 0.482. The Morgan fingerprint density at radius 2 is 1.80 bits per heavy atom. The highest BCUT2D eigenvalue weighted by Gasteiger charge is 2.52. The van der Waals surface area contributed by atoms with Gasteiger partial charge in [-0.15, -0.1) is 11.3 Å². The van der Waals surface area contributed by atoms with Gasteiger partial charge in [0, 0.05) is 23.4 Å². The van der Waals surface area contributed by atoms with Crippen molar-refractivity contribution in [2.24, 2.45) is 17.8 Å². The Balaban J connectivity index is 1.55. The van der Waals surface area contributed by atoms with E-state index in [-0.39, 0.29) is 0 Å². The molecule has 1 N–H and O–H groups in total. The first-order valence-corrected chi connectivity index (χ1v) is 9.19. The largest absolute Gasteiger partial charge is 0.309 e. The SMILES string of the molecule is CC(C)NCc1csc(C23CC4CC(CC(C4)C2)C3)n1. The quantitative estimate of drug-likeness (QED) is 0.902. The molecule has 4 saturated carbocycles. The number of hydrogen-bond acceptors (Lipinski definition) is 3.